The van der Waals surface area contributed by atoms with Crippen LogP contribution in [0.2, 0.25) is 0 Å². The lowest BCUT2D eigenvalue weighted by atomic mass is 10.1. The van der Waals surface area contributed by atoms with Gasteiger partial charge in [-0.25, -0.2) is 0 Å². The first-order valence-corrected chi connectivity index (χ1v) is 3.88. The molecule has 0 aromatic heterocycles. The van der Waals surface area contributed by atoms with Gasteiger partial charge in [-0.1, -0.05) is 0 Å². The molecule has 1 aromatic rings. The fourth-order valence-electron chi connectivity index (χ4n) is 1.00. The molecule has 0 spiro atoms. The molecule has 0 fully saturated rings. The van der Waals surface area contributed by atoms with Gasteiger partial charge >= 0.3 is 0 Å². The monoisotopic (exact) mass is 191 g/mol. The number of ketones is 1. The Morgan fingerprint density at radius 2 is 1.71 bits per heavy atom. The third-order valence-electron chi connectivity index (χ3n) is 1.72. The first-order valence-electron chi connectivity index (χ1n) is 3.88. The quantitative estimate of drug-likeness (QED) is 0.535. The molecule has 0 saturated heterocycles. The van der Waals surface area contributed by atoms with Crippen molar-refractivity contribution in [1.82, 2.24) is 0 Å². The van der Waals surface area contributed by atoms with E-state index in [-0.39, 0.29) is 5.56 Å². The van der Waals surface area contributed by atoms with Crippen LogP contribution < -0.4 is 9.47 Å². The van der Waals surface area contributed by atoms with Crippen molar-refractivity contribution in [1.29, 1.82) is 5.26 Å². The van der Waals surface area contributed by atoms with Crippen molar-refractivity contribution in [3.63, 3.8) is 0 Å². The number of nitriles is 1. The second-order valence-corrected chi connectivity index (χ2v) is 2.54. The summed E-state index contributed by atoms with van der Waals surface area (Å²) in [6.07, 6.45) is 0. The van der Waals surface area contributed by atoms with Gasteiger partial charge in [-0.2, -0.15) is 5.26 Å². The molecule has 0 N–H and O–H groups in total. The highest BCUT2D eigenvalue weighted by atomic mass is 16.5. The number of hydrogen-bond acceptors (Lipinski definition) is 4. The molecular weight excluding hydrogens is 182 g/mol. The maximum atomic E-state index is 11.1. The minimum absolute atomic E-state index is 0.267. The van der Waals surface area contributed by atoms with Gasteiger partial charge in [-0.3, -0.25) is 4.79 Å². The lowest BCUT2D eigenvalue weighted by molar-refractivity contribution is 0.105. The van der Waals surface area contributed by atoms with Gasteiger partial charge in [-0.05, 0) is 12.1 Å². The third kappa shape index (κ3) is 2.02. The van der Waals surface area contributed by atoms with Crippen molar-refractivity contribution in [2.45, 2.75) is 0 Å². The van der Waals surface area contributed by atoms with Gasteiger partial charge in [-0.15, -0.1) is 0 Å². The lowest BCUT2D eigenvalue weighted by Crippen LogP contribution is -1.97. The van der Waals surface area contributed by atoms with Crippen molar-refractivity contribution in [3.8, 4) is 17.6 Å². The van der Waals surface area contributed by atoms with Crippen molar-refractivity contribution in [2.75, 3.05) is 14.2 Å². The van der Waals surface area contributed by atoms with E-state index in [1.54, 1.807) is 6.07 Å². The van der Waals surface area contributed by atoms with Crippen molar-refractivity contribution in [2.24, 2.45) is 0 Å². The van der Waals surface area contributed by atoms with Crippen LogP contribution in [0.25, 0.3) is 0 Å². The smallest absolute Gasteiger partial charge is 0.262 e. The van der Waals surface area contributed by atoms with E-state index >= 15 is 0 Å². The molecule has 1 rings (SSSR count). The molecule has 0 amide bonds. The van der Waals surface area contributed by atoms with Crippen LogP contribution in [0.15, 0.2) is 18.2 Å². The summed E-state index contributed by atoms with van der Waals surface area (Å²) in [5.41, 5.74) is 0.267. The van der Waals surface area contributed by atoms with Crippen LogP contribution >= 0.6 is 0 Å². The van der Waals surface area contributed by atoms with Gasteiger partial charge in [0.2, 0.25) is 0 Å². The zero-order valence-corrected chi connectivity index (χ0v) is 7.90. The molecule has 14 heavy (non-hydrogen) atoms. The standard InChI is InChI=1S/C10H9NO3/c1-13-8-3-7(10(12)6-11)4-9(5-8)14-2/h3-5H,1-2H3. The summed E-state index contributed by atoms with van der Waals surface area (Å²) in [6.45, 7) is 0. The summed E-state index contributed by atoms with van der Waals surface area (Å²) in [4.78, 5) is 11.1. The second-order valence-electron chi connectivity index (χ2n) is 2.54. The lowest BCUT2D eigenvalue weighted by Gasteiger charge is -2.05. The summed E-state index contributed by atoms with van der Waals surface area (Å²) in [6, 6.07) is 6.16. The summed E-state index contributed by atoms with van der Waals surface area (Å²) < 4.78 is 9.90. The van der Waals surface area contributed by atoms with Gasteiger partial charge in [0.1, 0.15) is 17.6 Å². The largest absolute Gasteiger partial charge is 0.497 e. The number of hydrogen-bond donors (Lipinski definition) is 0. The molecule has 72 valence electrons. The SMILES string of the molecule is COc1cc(OC)cc(C(=O)C#N)c1. The van der Waals surface area contributed by atoms with Gasteiger partial charge in [0.25, 0.3) is 5.78 Å². The molecule has 0 bridgehead atoms. The summed E-state index contributed by atoms with van der Waals surface area (Å²) in [5.74, 6) is 0.369. The predicted octanol–water partition coefficient (Wildman–Crippen LogP) is 1.41. The highest BCUT2D eigenvalue weighted by Gasteiger charge is 2.08. The Morgan fingerprint density at radius 3 is 2.07 bits per heavy atom. The zero-order chi connectivity index (χ0) is 10.6. The van der Waals surface area contributed by atoms with Crippen LogP contribution in [0.3, 0.4) is 0 Å². The Bertz CT molecular complexity index is 371. The van der Waals surface area contributed by atoms with E-state index in [0.717, 1.165) is 0 Å². The van der Waals surface area contributed by atoms with E-state index in [0.29, 0.717) is 11.5 Å². The van der Waals surface area contributed by atoms with E-state index in [1.165, 1.54) is 32.4 Å². The minimum atomic E-state index is -0.609. The van der Waals surface area contributed by atoms with Crippen molar-refractivity contribution >= 4 is 5.78 Å². The average molecular weight is 191 g/mol. The molecule has 0 radical (unpaired) electrons. The van der Waals surface area contributed by atoms with Crippen molar-refractivity contribution in [3.05, 3.63) is 23.8 Å². The number of carbonyl (C=O) groups excluding carboxylic acids is 1. The number of nitrogens with zero attached hydrogens (tertiary/aromatic N) is 1. The molecule has 0 aliphatic heterocycles. The van der Waals surface area contributed by atoms with Crippen LogP contribution in [-0.2, 0) is 0 Å². The number of ether oxygens (including phenoxy) is 2. The minimum Gasteiger partial charge on any atom is -0.497 e. The van der Waals surface area contributed by atoms with E-state index in [2.05, 4.69) is 0 Å². The number of carbonyl (C=O) groups is 1. The van der Waals surface area contributed by atoms with Crippen LogP contribution in [0.1, 0.15) is 10.4 Å². The average Bonchev–Trinajstić information content (AvgIpc) is 2.27. The van der Waals surface area contributed by atoms with E-state index < -0.39 is 5.78 Å². The molecule has 0 saturated carbocycles. The Kier molecular flexibility index (Phi) is 3.08. The van der Waals surface area contributed by atoms with Crippen molar-refractivity contribution < 1.29 is 14.3 Å². The molecule has 0 atom stereocenters. The maximum Gasteiger partial charge on any atom is 0.262 e. The summed E-state index contributed by atoms with van der Waals surface area (Å²) in [7, 11) is 2.96. The number of methoxy groups -OCH3 is 2. The van der Waals surface area contributed by atoms with E-state index in [1.807, 2.05) is 0 Å². The molecule has 0 heterocycles. The first-order chi connectivity index (χ1) is 6.71. The molecule has 0 aliphatic rings. The van der Waals surface area contributed by atoms with E-state index in [9.17, 15) is 4.79 Å². The summed E-state index contributed by atoms with van der Waals surface area (Å²) >= 11 is 0. The summed E-state index contributed by atoms with van der Waals surface area (Å²) in [5, 5.41) is 8.43. The fourth-order valence-corrected chi connectivity index (χ4v) is 1.00. The Labute approximate surface area is 81.7 Å². The topological polar surface area (TPSA) is 59.3 Å². The molecular formula is C10H9NO3. The third-order valence-corrected chi connectivity index (χ3v) is 1.72. The molecule has 0 aliphatic carbocycles. The van der Waals surface area contributed by atoms with Crippen LogP contribution in [0.5, 0.6) is 11.5 Å². The van der Waals surface area contributed by atoms with Crippen LogP contribution in [0, 0.1) is 11.3 Å². The predicted molar refractivity (Wildman–Crippen MR) is 49.5 cm³/mol. The number of Topliss-reactive ketones (excluding diaryl/α,β-unsaturated/α-hetero) is 1. The Morgan fingerprint density at radius 1 is 1.21 bits per heavy atom. The normalized spacial score (nSPS) is 8.93. The van der Waals surface area contributed by atoms with E-state index in [4.69, 9.17) is 14.7 Å². The fraction of sp³-hybridized carbons (Fsp3) is 0.200. The highest BCUT2D eigenvalue weighted by Crippen LogP contribution is 2.22. The second kappa shape index (κ2) is 4.28. The first kappa shape index (κ1) is 10.1. The maximum absolute atomic E-state index is 11.1. The van der Waals surface area contributed by atoms with Crippen LogP contribution in [0.4, 0.5) is 0 Å². The molecule has 4 nitrogen and oxygen atoms in total. The van der Waals surface area contributed by atoms with Gasteiger partial charge < -0.3 is 9.47 Å². The molecule has 1 aromatic carbocycles. The molecule has 0 unspecified atom stereocenters. The Balaban J connectivity index is 3.18. The number of rotatable bonds is 3. The van der Waals surface area contributed by atoms with Gasteiger partial charge in [0.05, 0.1) is 14.2 Å². The highest BCUT2D eigenvalue weighted by molar-refractivity contribution is 6.07. The zero-order valence-electron chi connectivity index (χ0n) is 7.90. The van der Waals surface area contributed by atoms with Gasteiger partial charge in [0, 0.05) is 11.6 Å². The van der Waals surface area contributed by atoms with Crippen LogP contribution in [-0.4, -0.2) is 20.0 Å². The molecule has 4 heteroatoms. The Hall–Kier alpha value is -2.02. The van der Waals surface area contributed by atoms with Gasteiger partial charge in [0.15, 0.2) is 0 Å². The number of benzene rings is 1.